The van der Waals surface area contributed by atoms with Gasteiger partial charge in [0.1, 0.15) is 30.2 Å². The van der Waals surface area contributed by atoms with E-state index in [0.29, 0.717) is 13.0 Å². The predicted octanol–water partition coefficient (Wildman–Crippen LogP) is -3.23. The van der Waals surface area contributed by atoms with Crippen LogP contribution in [-0.2, 0) is 48.4 Å². The van der Waals surface area contributed by atoms with E-state index in [2.05, 4.69) is 16.0 Å². The Morgan fingerprint density at radius 2 is 1.44 bits per heavy atom. The van der Waals surface area contributed by atoms with E-state index in [1.165, 1.54) is 18.9 Å². The maximum absolute atomic E-state index is 13.3. The summed E-state index contributed by atoms with van der Waals surface area (Å²) in [7, 11) is -3.24. The molecule has 18 nitrogen and oxygen atoms in total. The van der Waals surface area contributed by atoms with Crippen molar-refractivity contribution in [2.75, 3.05) is 39.0 Å². The zero-order valence-electron chi connectivity index (χ0n) is 34.3. The van der Waals surface area contributed by atoms with Crippen LogP contribution in [0.4, 0.5) is 0 Å². The normalized spacial score (nSPS) is 20.1. The standard InChI is InChI=1S/C31H54N4O14S.2C2H6.Na/c1-6-13-35(26(41)10-9-23(38)32-12-15-50(45,46)47)14-11-25(40)34-27(18(2)3)21(37)16-20(19(4)36)7-8-24(39)33-17-22-28(42)29(43)30(44)31(48-5)49-22;2*1-2;/h18,20,22,27-31,42-44H,6-17H2,1-5H3,(H,32,38)(H,33,39)(H,34,40)(H,45,46,47);2*1-2H3;/q;;;+1/p-1/t20-,22-,27+,28-,29+,30-,31-;;;/m1.../s1. The van der Waals surface area contributed by atoms with Crippen LogP contribution < -0.4 is 45.5 Å². The van der Waals surface area contributed by atoms with E-state index in [1.807, 2.05) is 34.6 Å². The molecular weight excluding hydrogens is 755 g/mol. The molecule has 1 heterocycles. The van der Waals surface area contributed by atoms with Gasteiger partial charge in [0.05, 0.1) is 21.9 Å². The Balaban J connectivity index is -0.00000522. The van der Waals surface area contributed by atoms with Crippen molar-refractivity contribution in [1.29, 1.82) is 0 Å². The van der Waals surface area contributed by atoms with Crippen molar-refractivity contribution in [3.05, 3.63) is 0 Å². The van der Waals surface area contributed by atoms with Crippen molar-refractivity contribution in [3.63, 3.8) is 0 Å². The third-order valence-electron chi connectivity index (χ3n) is 8.17. The monoisotopic (exact) mass is 820 g/mol. The van der Waals surface area contributed by atoms with Crippen LogP contribution in [0.5, 0.6) is 0 Å². The summed E-state index contributed by atoms with van der Waals surface area (Å²) >= 11 is 0. The first-order valence-electron chi connectivity index (χ1n) is 18.6. The molecule has 0 aromatic rings. The maximum atomic E-state index is 13.3. The van der Waals surface area contributed by atoms with Gasteiger partial charge in [0.25, 0.3) is 0 Å². The first-order valence-corrected chi connectivity index (χ1v) is 20.2. The molecule has 316 valence electrons. The summed E-state index contributed by atoms with van der Waals surface area (Å²) < 4.78 is 42.3. The van der Waals surface area contributed by atoms with Gasteiger partial charge in [-0.05, 0) is 25.7 Å². The van der Waals surface area contributed by atoms with Crippen LogP contribution >= 0.6 is 0 Å². The molecule has 0 aliphatic carbocycles. The van der Waals surface area contributed by atoms with Gasteiger partial charge in [-0.15, -0.1) is 0 Å². The molecule has 0 aromatic carbocycles. The Hall–Kier alpha value is -2.07. The predicted molar refractivity (Wildman–Crippen MR) is 197 cm³/mol. The van der Waals surface area contributed by atoms with Gasteiger partial charge in [-0.25, -0.2) is 8.42 Å². The number of carbonyl (C=O) groups excluding carboxylic acids is 6. The zero-order valence-corrected chi connectivity index (χ0v) is 37.1. The number of nitrogens with zero attached hydrogens (tertiary/aromatic N) is 1. The number of rotatable bonds is 23. The number of amides is 4. The Morgan fingerprint density at radius 3 is 1.95 bits per heavy atom. The molecule has 0 unspecified atom stereocenters. The fourth-order valence-corrected chi connectivity index (χ4v) is 5.57. The van der Waals surface area contributed by atoms with Crippen molar-refractivity contribution >= 4 is 45.3 Å². The summed E-state index contributed by atoms with van der Waals surface area (Å²) in [6.07, 6.45) is -7.22. The Labute approximate surface area is 348 Å². The molecule has 0 spiro atoms. The molecule has 0 aromatic heterocycles. The van der Waals surface area contributed by atoms with Gasteiger partial charge in [0.15, 0.2) is 12.1 Å². The van der Waals surface area contributed by atoms with E-state index in [-0.39, 0.29) is 99.4 Å². The molecule has 1 aliphatic heterocycles. The SMILES string of the molecule is CC.CC.CCCN(CCC(=O)N[C@H](C(=O)C[C@@H](CCC(=O)NC[C@H]1O[C@@H](OC)[C@H](O)[C@@H](O)[C@@H]1O)C(C)=O)C(C)C)C(=O)CCC(=O)NCCS(=O)(=O)[O-].[Na+]. The van der Waals surface area contributed by atoms with Gasteiger partial charge >= 0.3 is 29.6 Å². The van der Waals surface area contributed by atoms with E-state index in [9.17, 15) is 57.1 Å². The van der Waals surface area contributed by atoms with Gasteiger partial charge in [-0.3, -0.25) is 28.8 Å². The third kappa shape index (κ3) is 23.7. The van der Waals surface area contributed by atoms with Crippen molar-refractivity contribution in [3.8, 4) is 0 Å². The summed E-state index contributed by atoms with van der Waals surface area (Å²) in [5.41, 5.74) is 0. The fraction of sp³-hybridized carbons (Fsp3) is 0.829. The van der Waals surface area contributed by atoms with Crippen LogP contribution in [0.25, 0.3) is 0 Å². The number of Topliss-reactive ketones (excluding diaryl/α,β-unsaturated/α-hetero) is 2. The van der Waals surface area contributed by atoms with Crippen LogP contribution in [-0.4, -0.2) is 144 Å². The molecule has 1 aliphatic rings. The number of carbonyl (C=O) groups is 6. The maximum Gasteiger partial charge on any atom is 1.00 e. The average Bonchev–Trinajstić information content (AvgIpc) is 3.12. The second-order valence-electron chi connectivity index (χ2n) is 12.6. The smallest absolute Gasteiger partial charge is 0.748 e. The first kappa shape index (κ1) is 57.3. The molecule has 4 amide bonds. The summed E-state index contributed by atoms with van der Waals surface area (Å²) in [4.78, 5) is 77.1. The summed E-state index contributed by atoms with van der Waals surface area (Å²) in [5.74, 6) is -4.71. The minimum Gasteiger partial charge on any atom is -0.748 e. The van der Waals surface area contributed by atoms with Crippen LogP contribution in [0.2, 0.25) is 0 Å². The molecule has 7 atom stereocenters. The van der Waals surface area contributed by atoms with Gasteiger partial charge in [0, 0.05) is 71.3 Å². The van der Waals surface area contributed by atoms with Crippen LogP contribution in [0.1, 0.15) is 100 Å². The number of nitrogens with one attached hydrogen (secondary N) is 3. The number of methoxy groups -OCH3 is 1. The minimum absolute atomic E-state index is 0. The Kier molecular flexibility index (Phi) is 32.3. The van der Waals surface area contributed by atoms with Crippen LogP contribution in [0.3, 0.4) is 0 Å². The zero-order chi connectivity index (χ0) is 42.2. The first-order chi connectivity index (χ1) is 25.3. The number of hydrogen-bond acceptors (Lipinski definition) is 14. The molecule has 20 heteroatoms. The van der Waals surface area contributed by atoms with Gasteiger partial charge in [0.2, 0.25) is 23.6 Å². The Morgan fingerprint density at radius 1 is 0.855 bits per heavy atom. The van der Waals surface area contributed by atoms with E-state index < -0.39 is 87.9 Å². The molecule has 0 bridgehead atoms. The van der Waals surface area contributed by atoms with Crippen molar-refractivity contribution in [1.82, 2.24) is 20.9 Å². The average molecular weight is 821 g/mol. The number of ketones is 2. The molecule has 6 N–H and O–H groups in total. The molecule has 1 fully saturated rings. The fourth-order valence-electron chi connectivity index (χ4n) is 5.22. The van der Waals surface area contributed by atoms with Crippen molar-refractivity contribution in [2.24, 2.45) is 11.8 Å². The number of ether oxygens (including phenoxy) is 2. The van der Waals surface area contributed by atoms with E-state index >= 15 is 0 Å². The molecule has 1 rings (SSSR count). The molecule has 0 radical (unpaired) electrons. The van der Waals surface area contributed by atoms with Crippen LogP contribution in [0.15, 0.2) is 0 Å². The van der Waals surface area contributed by atoms with Gasteiger partial charge in [-0.2, -0.15) is 0 Å². The second-order valence-corrected chi connectivity index (χ2v) is 14.1. The summed E-state index contributed by atoms with van der Waals surface area (Å²) in [6, 6.07) is -0.949. The van der Waals surface area contributed by atoms with Crippen LogP contribution in [0, 0.1) is 11.8 Å². The minimum atomic E-state index is -4.49. The van der Waals surface area contributed by atoms with E-state index in [1.54, 1.807) is 13.8 Å². The third-order valence-corrected chi connectivity index (χ3v) is 8.87. The van der Waals surface area contributed by atoms with Crippen molar-refractivity contribution < 1.29 is 96.1 Å². The largest absolute Gasteiger partial charge is 1.00 e. The van der Waals surface area contributed by atoms with E-state index in [4.69, 9.17) is 9.47 Å². The number of aliphatic hydroxyl groups excluding tert-OH is 3. The van der Waals surface area contributed by atoms with Gasteiger partial charge < -0.3 is 50.2 Å². The molecule has 0 saturated carbocycles. The molecule has 1 saturated heterocycles. The summed E-state index contributed by atoms with van der Waals surface area (Å²) in [5, 5.41) is 37.5. The van der Waals surface area contributed by atoms with Gasteiger partial charge in [-0.1, -0.05) is 48.5 Å². The number of aliphatic hydroxyl groups is 3. The molecule has 55 heavy (non-hydrogen) atoms. The summed E-state index contributed by atoms with van der Waals surface area (Å²) in [6.45, 7) is 14.3. The van der Waals surface area contributed by atoms with E-state index in [0.717, 1.165) is 0 Å². The molecular formula is C35H65N4NaO14S. The topological polar surface area (TPSA) is 278 Å². The quantitative estimate of drug-likeness (QED) is 0.0437. The second kappa shape index (κ2) is 31.0. The number of hydrogen-bond donors (Lipinski definition) is 6. The van der Waals surface area contributed by atoms with Crippen molar-refractivity contribution in [2.45, 2.75) is 137 Å². The Bertz CT molecular complexity index is 1270.